The van der Waals surface area contributed by atoms with Crippen LogP contribution in [-0.4, -0.2) is 10.8 Å². The molecule has 0 fully saturated rings. The zero-order chi connectivity index (χ0) is 12.8. The zero-order valence-electron chi connectivity index (χ0n) is 10.2. The maximum absolute atomic E-state index is 12.4. The number of H-pyrrole nitrogens is 1. The van der Waals surface area contributed by atoms with Gasteiger partial charge in [0.15, 0.2) is 5.78 Å². The highest BCUT2D eigenvalue weighted by molar-refractivity contribution is 6.10. The molecule has 0 saturated heterocycles. The minimum absolute atomic E-state index is 0.127. The van der Waals surface area contributed by atoms with E-state index in [1.165, 1.54) is 0 Å². The molecular weight excluding hydrogens is 236 g/mol. The van der Waals surface area contributed by atoms with Crippen LogP contribution in [0.4, 0.5) is 5.69 Å². The third kappa shape index (κ3) is 1.48. The monoisotopic (exact) mass is 248 g/mol. The van der Waals surface area contributed by atoms with Crippen LogP contribution in [0, 0.1) is 0 Å². The number of nitrogens with one attached hydrogen (secondary N) is 2. The molecule has 19 heavy (non-hydrogen) atoms. The molecule has 4 rings (SSSR count). The van der Waals surface area contributed by atoms with E-state index in [0.717, 1.165) is 27.8 Å². The molecule has 92 valence electrons. The van der Waals surface area contributed by atoms with Gasteiger partial charge in [0.05, 0.1) is 0 Å². The second-order valence-electron chi connectivity index (χ2n) is 4.80. The van der Waals surface area contributed by atoms with Crippen LogP contribution in [0.15, 0.2) is 54.6 Å². The highest BCUT2D eigenvalue weighted by atomic mass is 16.1. The molecule has 0 amide bonds. The molecule has 2 N–H and O–H groups in total. The van der Waals surface area contributed by atoms with Crippen molar-refractivity contribution in [1.29, 1.82) is 0 Å². The topological polar surface area (TPSA) is 44.9 Å². The molecule has 0 spiro atoms. The number of hydrogen-bond donors (Lipinski definition) is 2. The lowest BCUT2D eigenvalue weighted by Crippen LogP contribution is -2.12. The van der Waals surface area contributed by atoms with Crippen LogP contribution in [-0.2, 0) is 0 Å². The van der Waals surface area contributed by atoms with E-state index in [4.69, 9.17) is 0 Å². The van der Waals surface area contributed by atoms with Crippen molar-refractivity contribution in [3.05, 3.63) is 65.9 Å². The summed E-state index contributed by atoms with van der Waals surface area (Å²) in [5.41, 5.74) is 3.66. The molecule has 0 aliphatic carbocycles. The summed E-state index contributed by atoms with van der Waals surface area (Å²) < 4.78 is 0. The lowest BCUT2D eigenvalue weighted by molar-refractivity contribution is 0.0978. The minimum atomic E-state index is -0.301. The van der Waals surface area contributed by atoms with Gasteiger partial charge in [0.25, 0.3) is 0 Å². The predicted octanol–water partition coefficient (Wildman–Crippen LogP) is 3.52. The van der Waals surface area contributed by atoms with Gasteiger partial charge in [0.2, 0.25) is 0 Å². The molecule has 1 aromatic heterocycles. The van der Waals surface area contributed by atoms with Crippen LogP contribution in [0.5, 0.6) is 0 Å². The summed E-state index contributed by atoms with van der Waals surface area (Å²) in [7, 11) is 0. The number of carbonyl (C=O) groups is 1. The standard InChI is InChI=1S/C16H12N2O/c19-16-11-6-2-4-8-13(11)18-15(16)14-9-10-5-1-3-7-12(10)17-14/h1-9,15,17-18H. The quantitative estimate of drug-likeness (QED) is 0.692. The molecule has 3 nitrogen and oxygen atoms in total. The number of aromatic amines is 1. The Hall–Kier alpha value is -2.55. The molecule has 3 aromatic rings. The van der Waals surface area contributed by atoms with E-state index in [2.05, 4.69) is 10.3 Å². The van der Waals surface area contributed by atoms with Crippen molar-refractivity contribution in [2.45, 2.75) is 6.04 Å². The maximum Gasteiger partial charge on any atom is 0.193 e. The van der Waals surface area contributed by atoms with Gasteiger partial charge in [0.1, 0.15) is 6.04 Å². The van der Waals surface area contributed by atoms with Gasteiger partial charge in [-0.2, -0.15) is 0 Å². The van der Waals surface area contributed by atoms with E-state index in [1.54, 1.807) is 0 Å². The molecular formula is C16H12N2O. The maximum atomic E-state index is 12.4. The van der Waals surface area contributed by atoms with E-state index < -0.39 is 0 Å². The average Bonchev–Trinajstić information content (AvgIpc) is 3.00. The van der Waals surface area contributed by atoms with Gasteiger partial charge in [-0.15, -0.1) is 0 Å². The van der Waals surface area contributed by atoms with E-state index in [-0.39, 0.29) is 11.8 Å². The van der Waals surface area contributed by atoms with Crippen molar-refractivity contribution in [2.24, 2.45) is 0 Å². The summed E-state index contributed by atoms with van der Waals surface area (Å²) in [6, 6.07) is 17.4. The average molecular weight is 248 g/mol. The number of hydrogen-bond acceptors (Lipinski definition) is 2. The molecule has 1 unspecified atom stereocenters. The number of aromatic nitrogens is 1. The summed E-state index contributed by atoms with van der Waals surface area (Å²) in [6.45, 7) is 0. The number of carbonyl (C=O) groups excluding carboxylic acids is 1. The van der Waals surface area contributed by atoms with Gasteiger partial charge in [-0.25, -0.2) is 0 Å². The molecule has 1 aliphatic rings. The Bertz CT molecular complexity index is 755. The first-order chi connectivity index (χ1) is 9.33. The van der Waals surface area contributed by atoms with Crippen LogP contribution in [0.1, 0.15) is 22.1 Å². The lowest BCUT2D eigenvalue weighted by atomic mass is 10.1. The van der Waals surface area contributed by atoms with Crippen molar-refractivity contribution >= 4 is 22.4 Å². The van der Waals surface area contributed by atoms with E-state index in [0.29, 0.717) is 0 Å². The summed E-state index contributed by atoms with van der Waals surface area (Å²) in [4.78, 5) is 15.7. The van der Waals surface area contributed by atoms with Crippen molar-refractivity contribution in [3.63, 3.8) is 0 Å². The molecule has 2 heterocycles. The van der Waals surface area contributed by atoms with Gasteiger partial charge in [-0.1, -0.05) is 30.3 Å². The van der Waals surface area contributed by atoms with E-state index >= 15 is 0 Å². The molecule has 1 aliphatic heterocycles. The van der Waals surface area contributed by atoms with Crippen molar-refractivity contribution in [2.75, 3.05) is 5.32 Å². The Morgan fingerprint density at radius 1 is 0.947 bits per heavy atom. The highest BCUT2D eigenvalue weighted by Gasteiger charge is 2.31. The molecule has 0 bridgehead atoms. The fourth-order valence-electron chi connectivity index (χ4n) is 2.67. The van der Waals surface area contributed by atoms with Gasteiger partial charge < -0.3 is 10.3 Å². The van der Waals surface area contributed by atoms with Crippen LogP contribution >= 0.6 is 0 Å². The van der Waals surface area contributed by atoms with Crippen molar-refractivity contribution in [3.8, 4) is 0 Å². The summed E-state index contributed by atoms with van der Waals surface area (Å²) >= 11 is 0. The minimum Gasteiger partial charge on any atom is -0.370 e. The number of benzene rings is 2. The van der Waals surface area contributed by atoms with Gasteiger partial charge >= 0.3 is 0 Å². The second-order valence-corrected chi connectivity index (χ2v) is 4.80. The third-order valence-electron chi connectivity index (χ3n) is 3.62. The Morgan fingerprint density at radius 3 is 2.58 bits per heavy atom. The smallest absolute Gasteiger partial charge is 0.193 e. The molecule has 2 aromatic carbocycles. The Balaban J connectivity index is 1.81. The van der Waals surface area contributed by atoms with Crippen LogP contribution in [0.3, 0.4) is 0 Å². The Kier molecular flexibility index (Phi) is 2.03. The molecule has 0 saturated carbocycles. The number of ketones is 1. The molecule has 3 heteroatoms. The first kappa shape index (κ1) is 10.4. The normalized spacial score (nSPS) is 17.5. The molecule has 0 radical (unpaired) electrons. The van der Waals surface area contributed by atoms with Gasteiger partial charge in [-0.05, 0) is 29.7 Å². The fourth-order valence-corrected chi connectivity index (χ4v) is 2.67. The summed E-state index contributed by atoms with van der Waals surface area (Å²) in [5, 5.41) is 4.41. The highest BCUT2D eigenvalue weighted by Crippen LogP contribution is 2.34. The lowest BCUT2D eigenvalue weighted by Gasteiger charge is -2.07. The Morgan fingerprint density at radius 2 is 1.74 bits per heavy atom. The van der Waals surface area contributed by atoms with Gasteiger partial charge in [-0.3, -0.25) is 4.79 Å². The largest absolute Gasteiger partial charge is 0.370 e. The third-order valence-corrected chi connectivity index (χ3v) is 3.62. The number of fused-ring (bicyclic) bond motifs is 2. The number of rotatable bonds is 1. The van der Waals surface area contributed by atoms with Crippen LogP contribution in [0.25, 0.3) is 10.9 Å². The predicted molar refractivity (Wildman–Crippen MR) is 75.4 cm³/mol. The summed E-state index contributed by atoms with van der Waals surface area (Å²) in [6.07, 6.45) is 0. The van der Waals surface area contributed by atoms with Crippen LogP contribution < -0.4 is 5.32 Å². The van der Waals surface area contributed by atoms with Crippen LogP contribution in [0.2, 0.25) is 0 Å². The number of para-hydroxylation sites is 2. The number of anilines is 1. The van der Waals surface area contributed by atoms with Crippen molar-refractivity contribution < 1.29 is 4.79 Å². The summed E-state index contributed by atoms with van der Waals surface area (Å²) in [5.74, 6) is 0.127. The molecule has 1 atom stereocenters. The van der Waals surface area contributed by atoms with E-state index in [9.17, 15) is 4.79 Å². The Labute approximate surface area is 110 Å². The van der Waals surface area contributed by atoms with E-state index in [1.807, 2.05) is 54.6 Å². The second kappa shape index (κ2) is 3.72. The fraction of sp³-hybridized carbons (Fsp3) is 0.0625. The first-order valence-corrected chi connectivity index (χ1v) is 6.30. The first-order valence-electron chi connectivity index (χ1n) is 6.30. The van der Waals surface area contributed by atoms with Crippen molar-refractivity contribution in [1.82, 2.24) is 4.98 Å². The van der Waals surface area contributed by atoms with Gasteiger partial charge in [0, 0.05) is 22.5 Å². The zero-order valence-corrected chi connectivity index (χ0v) is 10.2. The number of Topliss-reactive ketones (excluding diaryl/α,β-unsaturated/α-hetero) is 1. The SMILES string of the molecule is O=C1c2ccccc2NC1c1cc2ccccc2[nH]1.